The highest BCUT2D eigenvalue weighted by Gasteiger charge is 2.24. The number of amides is 1. The van der Waals surface area contributed by atoms with Gasteiger partial charge in [0.1, 0.15) is 0 Å². The molecule has 2 fully saturated rings. The molecular weight excluding hydrogens is 188 g/mol. The molecule has 15 heavy (non-hydrogen) atoms. The maximum Gasteiger partial charge on any atom is 0.236 e. The smallest absolute Gasteiger partial charge is 0.236 e. The van der Waals surface area contributed by atoms with Crippen molar-refractivity contribution in [3.05, 3.63) is 0 Å². The first-order chi connectivity index (χ1) is 7.27. The van der Waals surface area contributed by atoms with E-state index in [1.807, 2.05) is 4.90 Å². The van der Waals surface area contributed by atoms with Crippen molar-refractivity contribution in [1.29, 1.82) is 0 Å². The third kappa shape index (κ3) is 2.71. The van der Waals surface area contributed by atoms with E-state index in [2.05, 4.69) is 12.2 Å². The number of hydrogen-bond donors (Lipinski definition) is 1. The summed E-state index contributed by atoms with van der Waals surface area (Å²) in [6, 6.07) is 0.580. The highest BCUT2D eigenvalue weighted by molar-refractivity contribution is 5.78. The topological polar surface area (TPSA) is 32.3 Å². The van der Waals surface area contributed by atoms with Gasteiger partial charge in [0, 0.05) is 19.1 Å². The van der Waals surface area contributed by atoms with Gasteiger partial charge in [0.2, 0.25) is 5.91 Å². The molecule has 3 heteroatoms. The Kier molecular flexibility index (Phi) is 3.62. The summed E-state index contributed by atoms with van der Waals surface area (Å²) in [5.41, 5.74) is 0. The molecule has 1 aliphatic carbocycles. The second-order valence-corrected chi connectivity index (χ2v) is 4.98. The van der Waals surface area contributed by atoms with Crippen LogP contribution in [0.4, 0.5) is 0 Å². The fourth-order valence-electron chi connectivity index (χ4n) is 2.75. The summed E-state index contributed by atoms with van der Waals surface area (Å²) in [6.07, 6.45) is 6.25. The van der Waals surface area contributed by atoms with E-state index in [9.17, 15) is 4.79 Å². The van der Waals surface area contributed by atoms with E-state index in [0.29, 0.717) is 18.5 Å². The number of rotatable bonds is 3. The van der Waals surface area contributed by atoms with Crippen molar-refractivity contribution in [3.63, 3.8) is 0 Å². The van der Waals surface area contributed by atoms with Crippen molar-refractivity contribution >= 4 is 5.91 Å². The maximum absolute atomic E-state index is 11.8. The van der Waals surface area contributed by atoms with E-state index < -0.39 is 0 Å². The Balaban J connectivity index is 1.70. The lowest BCUT2D eigenvalue weighted by molar-refractivity contribution is -0.129. The molecule has 1 saturated heterocycles. The van der Waals surface area contributed by atoms with Crippen LogP contribution in [0.1, 0.15) is 39.0 Å². The molecule has 1 heterocycles. The molecule has 1 aliphatic heterocycles. The Bertz CT molecular complexity index is 224. The summed E-state index contributed by atoms with van der Waals surface area (Å²) in [5.74, 6) is 1.04. The van der Waals surface area contributed by atoms with Crippen molar-refractivity contribution < 1.29 is 4.79 Å². The fourth-order valence-corrected chi connectivity index (χ4v) is 2.75. The van der Waals surface area contributed by atoms with Crippen LogP contribution in [0.2, 0.25) is 0 Å². The van der Waals surface area contributed by atoms with Gasteiger partial charge in [-0.15, -0.1) is 0 Å². The average molecular weight is 210 g/mol. The van der Waals surface area contributed by atoms with Crippen LogP contribution >= 0.6 is 0 Å². The SMILES string of the molecule is CC1CCCC1NCC(=O)N1CCCC1. The van der Waals surface area contributed by atoms with Gasteiger partial charge in [-0.2, -0.15) is 0 Å². The molecule has 3 nitrogen and oxygen atoms in total. The van der Waals surface area contributed by atoms with Gasteiger partial charge in [0.05, 0.1) is 6.54 Å². The lowest BCUT2D eigenvalue weighted by Crippen LogP contribution is -2.41. The van der Waals surface area contributed by atoms with Crippen LogP contribution in [0.15, 0.2) is 0 Å². The monoisotopic (exact) mass is 210 g/mol. The van der Waals surface area contributed by atoms with Crippen LogP contribution in [0, 0.1) is 5.92 Å². The molecule has 2 rings (SSSR count). The maximum atomic E-state index is 11.8. The summed E-state index contributed by atoms with van der Waals surface area (Å²) in [6.45, 7) is 4.78. The Morgan fingerprint density at radius 2 is 2.00 bits per heavy atom. The highest BCUT2D eigenvalue weighted by Crippen LogP contribution is 2.24. The molecule has 1 N–H and O–H groups in total. The molecule has 0 radical (unpaired) electrons. The van der Waals surface area contributed by atoms with Crippen LogP contribution < -0.4 is 5.32 Å². The molecule has 1 saturated carbocycles. The van der Waals surface area contributed by atoms with E-state index in [4.69, 9.17) is 0 Å². The summed E-state index contributed by atoms with van der Waals surface area (Å²) >= 11 is 0. The average Bonchev–Trinajstić information content (AvgIpc) is 2.85. The van der Waals surface area contributed by atoms with Gasteiger partial charge < -0.3 is 10.2 Å². The highest BCUT2D eigenvalue weighted by atomic mass is 16.2. The summed E-state index contributed by atoms with van der Waals surface area (Å²) < 4.78 is 0. The summed E-state index contributed by atoms with van der Waals surface area (Å²) in [7, 11) is 0. The largest absolute Gasteiger partial charge is 0.342 e. The Morgan fingerprint density at radius 3 is 2.60 bits per heavy atom. The van der Waals surface area contributed by atoms with E-state index >= 15 is 0 Å². The molecule has 0 spiro atoms. The van der Waals surface area contributed by atoms with E-state index in [0.717, 1.165) is 19.0 Å². The van der Waals surface area contributed by atoms with Gasteiger partial charge in [0.15, 0.2) is 0 Å². The first-order valence-corrected chi connectivity index (χ1v) is 6.28. The minimum absolute atomic E-state index is 0.298. The van der Waals surface area contributed by atoms with Gasteiger partial charge >= 0.3 is 0 Å². The van der Waals surface area contributed by atoms with Crippen molar-refractivity contribution in [3.8, 4) is 0 Å². The zero-order chi connectivity index (χ0) is 10.7. The molecule has 2 unspecified atom stereocenters. The number of nitrogens with one attached hydrogen (secondary N) is 1. The zero-order valence-corrected chi connectivity index (χ0v) is 9.67. The lowest BCUT2D eigenvalue weighted by atomic mass is 10.1. The second kappa shape index (κ2) is 4.97. The first-order valence-electron chi connectivity index (χ1n) is 6.28. The predicted molar refractivity (Wildman–Crippen MR) is 60.6 cm³/mol. The van der Waals surface area contributed by atoms with E-state index in [1.54, 1.807) is 0 Å². The molecular formula is C12H22N2O. The molecule has 1 amide bonds. The Hall–Kier alpha value is -0.570. The van der Waals surface area contributed by atoms with Gasteiger partial charge in [-0.1, -0.05) is 13.3 Å². The zero-order valence-electron chi connectivity index (χ0n) is 9.67. The normalized spacial score (nSPS) is 31.1. The van der Waals surface area contributed by atoms with Gasteiger partial charge in [0.25, 0.3) is 0 Å². The first kappa shape index (κ1) is 10.9. The van der Waals surface area contributed by atoms with Crippen molar-refractivity contribution in [2.24, 2.45) is 5.92 Å². The van der Waals surface area contributed by atoms with Crippen LogP contribution in [0.5, 0.6) is 0 Å². The predicted octanol–water partition coefficient (Wildman–Crippen LogP) is 1.39. The van der Waals surface area contributed by atoms with E-state index in [1.165, 1.54) is 32.1 Å². The van der Waals surface area contributed by atoms with Crippen molar-refractivity contribution in [2.75, 3.05) is 19.6 Å². The molecule has 2 atom stereocenters. The van der Waals surface area contributed by atoms with Crippen LogP contribution in [0.3, 0.4) is 0 Å². The lowest BCUT2D eigenvalue weighted by Gasteiger charge is -2.20. The molecule has 0 aromatic rings. The summed E-state index contributed by atoms with van der Waals surface area (Å²) in [5, 5.41) is 3.42. The number of nitrogens with zero attached hydrogens (tertiary/aromatic N) is 1. The number of carbonyl (C=O) groups excluding carboxylic acids is 1. The molecule has 2 aliphatic rings. The molecule has 0 bridgehead atoms. The van der Waals surface area contributed by atoms with Crippen molar-refractivity contribution in [1.82, 2.24) is 10.2 Å². The van der Waals surface area contributed by atoms with Crippen LogP contribution in [-0.4, -0.2) is 36.5 Å². The van der Waals surface area contributed by atoms with Crippen LogP contribution in [-0.2, 0) is 4.79 Å². The number of carbonyl (C=O) groups is 1. The van der Waals surface area contributed by atoms with Crippen LogP contribution in [0.25, 0.3) is 0 Å². The quantitative estimate of drug-likeness (QED) is 0.763. The molecule has 0 aromatic heterocycles. The van der Waals surface area contributed by atoms with Gasteiger partial charge in [-0.05, 0) is 31.6 Å². The third-order valence-corrected chi connectivity index (χ3v) is 3.84. The Morgan fingerprint density at radius 1 is 1.27 bits per heavy atom. The fraction of sp³-hybridized carbons (Fsp3) is 0.917. The second-order valence-electron chi connectivity index (χ2n) is 4.98. The third-order valence-electron chi connectivity index (χ3n) is 3.84. The Labute approximate surface area is 92.2 Å². The standard InChI is InChI=1S/C12H22N2O/c1-10-5-4-6-11(10)13-9-12(15)14-7-2-3-8-14/h10-11,13H,2-9H2,1H3. The van der Waals surface area contributed by atoms with Gasteiger partial charge in [-0.25, -0.2) is 0 Å². The molecule has 86 valence electrons. The van der Waals surface area contributed by atoms with Crippen molar-refractivity contribution in [2.45, 2.75) is 45.1 Å². The molecule has 0 aromatic carbocycles. The number of hydrogen-bond acceptors (Lipinski definition) is 2. The minimum Gasteiger partial charge on any atom is -0.342 e. The van der Waals surface area contributed by atoms with Gasteiger partial charge in [-0.3, -0.25) is 4.79 Å². The number of likely N-dealkylation sites (tertiary alicyclic amines) is 1. The minimum atomic E-state index is 0.298. The summed E-state index contributed by atoms with van der Waals surface area (Å²) in [4.78, 5) is 13.8. The van der Waals surface area contributed by atoms with E-state index in [-0.39, 0.29) is 0 Å².